The van der Waals surface area contributed by atoms with E-state index in [0.29, 0.717) is 5.41 Å². The summed E-state index contributed by atoms with van der Waals surface area (Å²) >= 11 is 0. The van der Waals surface area contributed by atoms with Crippen LogP contribution in [-0.4, -0.2) is 0 Å². The third-order valence-corrected chi connectivity index (χ3v) is 2.63. The molecule has 1 aromatic rings. The highest BCUT2D eigenvalue weighted by Gasteiger charge is 2.10. The van der Waals surface area contributed by atoms with E-state index in [1.807, 2.05) is 6.08 Å². The molecule has 0 heteroatoms. The molecule has 0 aliphatic rings. The van der Waals surface area contributed by atoms with Gasteiger partial charge in [-0.25, -0.2) is 0 Å². The molecule has 1 rings (SSSR count). The minimum absolute atomic E-state index is 0.379. The number of rotatable bonds is 5. The molecular weight excluding hydrogens is 192 g/mol. The molecule has 0 fully saturated rings. The Morgan fingerprint density at radius 2 is 1.62 bits per heavy atom. The van der Waals surface area contributed by atoms with Crippen LogP contribution in [0.25, 0.3) is 0 Å². The molecule has 0 saturated heterocycles. The Morgan fingerprint density at radius 1 is 1.06 bits per heavy atom. The number of hydrogen-bond donors (Lipinski definition) is 0. The van der Waals surface area contributed by atoms with Gasteiger partial charge in [-0.2, -0.15) is 0 Å². The van der Waals surface area contributed by atoms with Gasteiger partial charge in [-0.3, -0.25) is 0 Å². The molecule has 0 unspecified atom stereocenters. The van der Waals surface area contributed by atoms with Gasteiger partial charge in [0.25, 0.3) is 0 Å². The van der Waals surface area contributed by atoms with Crippen molar-refractivity contribution >= 4 is 0 Å². The summed E-state index contributed by atoms with van der Waals surface area (Å²) in [5.74, 6) is 0. The van der Waals surface area contributed by atoms with E-state index in [9.17, 15) is 0 Å². The van der Waals surface area contributed by atoms with Crippen LogP contribution in [0.4, 0.5) is 0 Å². The van der Waals surface area contributed by atoms with Crippen LogP contribution in [0.2, 0.25) is 0 Å². The predicted molar refractivity (Wildman–Crippen MR) is 72.7 cm³/mol. The number of unbranched alkanes of at least 4 members (excludes halogenated alkanes) is 1. The lowest BCUT2D eigenvalue weighted by Crippen LogP contribution is -2.08. The van der Waals surface area contributed by atoms with Crippen molar-refractivity contribution < 1.29 is 0 Å². The van der Waals surface area contributed by atoms with Crippen molar-refractivity contribution in [3.8, 4) is 0 Å². The highest BCUT2D eigenvalue weighted by atomic mass is 14.2. The van der Waals surface area contributed by atoms with E-state index in [0.717, 1.165) is 12.8 Å². The Kier molecular flexibility index (Phi) is 4.79. The van der Waals surface area contributed by atoms with Gasteiger partial charge in [-0.15, -0.1) is 6.58 Å². The molecule has 0 bridgehead atoms. The largest absolute Gasteiger partial charge is 0.103 e. The zero-order chi connectivity index (χ0) is 12.0. The Labute approximate surface area is 100 Å². The van der Waals surface area contributed by atoms with E-state index in [2.05, 4.69) is 51.6 Å². The number of allylic oxidation sites excluding steroid dienone is 1. The monoisotopic (exact) mass is 216 g/mol. The van der Waals surface area contributed by atoms with E-state index < -0.39 is 0 Å². The minimum Gasteiger partial charge on any atom is -0.103 e. The van der Waals surface area contributed by atoms with Crippen LogP contribution in [0.1, 0.15) is 44.7 Å². The van der Waals surface area contributed by atoms with Crippen LogP contribution in [-0.2, 0) is 12.8 Å². The highest BCUT2D eigenvalue weighted by molar-refractivity contribution is 5.23. The average molecular weight is 216 g/mol. The van der Waals surface area contributed by atoms with Crippen LogP contribution in [0, 0.1) is 5.41 Å². The smallest absolute Gasteiger partial charge is 0.0230 e. The first-order valence-electron chi connectivity index (χ1n) is 6.20. The Morgan fingerprint density at radius 3 is 2.12 bits per heavy atom. The third kappa shape index (κ3) is 5.16. The lowest BCUT2D eigenvalue weighted by molar-refractivity contribution is 0.411. The van der Waals surface area contributed by atoms with Crippen molar-refractivity contribution in [2.45, 2.75) is 46.5 Å². The summed E-state index contributed by atoms with van der Waals surface area (Å²) < 4.78 is 0. The van der Waals surface area contributed by atoms with Gasteiger partial charge in [0, 0.05) is 0 Å². The van der Waals surface area contributed by atoms with E-state index in [-0.39, 0.29) is 0 Å². The second kappa shape index (κ2) is 5.89. The average Bonchev–Trinajstić information content (AvgIpc) is 2.19. The number of hydrogen-bond acceptors (Lipinski definition) is 0. The fourth-order valence-electron chi connectivity index (χ4n) is 1.89. The highest BCUT2D eigenvalue weighted by Crippen LogP contribution is 2.20. The second-order valence-corrected chi connectivity index (χ2v) is 5.73. The van der Waals surface area contributed by atoms with Crippen LogP contribution >= 0.6 is 0 Å². The normalized spacial score (nSPS) is 11.4. The standard InChI is InChI=1S/C16H24/c1-5-6-7-8-14-9-11-15(12-10-14)13-16(2,3)4/h5,9-12H,1,6-8,13H2,2-4H3. The first-order chi connectivity index (χ1) is 7.51. The summed E-state index contributed by atoms with van der Waals surface area (Å²) in [6.45, 7) is 10.6. The van der Waals surface area contributed by atoms with Gasteiger partial charge in [0.05, 0.1) is 0 Å². The molecule has 16 heavy (non-hydrogen) atoms. The van der Waals surface area contributed by atoms with Gasteiger partial charge in [-0.05, 0) is 42.2 Å². The summed E-state index contributed by atoms with van der Waals surface area (Å²) in [4.78, 5) is 0. The molecule has 0 radical (unpaired) electrons. The van der Waals surface area contributed by atoms with Crippen LogP contribution in [0.5, 0.6) is 0 Å². The Bertz CT molecular complexity index is 311. The summed E-state index contributed by atoms with van der Waals surface area (Å²) in [6, 6.07) is 9.08. The van der Waals surface area contributed by atoms with Crippen molar-refractivity contribution in [2.24, 2.45) is 5.41 Å². The van der Waals surface area contributed by atoms with Crippen LogP contribution < -0.4 is 0 Å². The molecule has 0 aliphatic heterocycles. The van der Waals surface area contributed by atoms with Crippen molar-refractivity contribution in [3.63, 3.8) is 0 Å². The van der Waals surface area contributed by atoms with Crippen molar-refractivity contribution in [1.82, 2.24) is 0 Å². The SMILES string of the molecule is C=CCCCc1ccc(CC(C)(C)C)cc1. The maximum atomic E-state index is 3.75. The molecule has 88 valence electrons. The number of benzene rings is 1. The molecule has 0 spiro atoms. The quantitative estimate of drug-likeness (QED) is 0.490. The Balaban J connectivity index is 2.51. The molecule has 0 N–H and O–H groups in total. The lowest BCUT2D eigenvalue weighted by Gasteiger charge is -2.18. The minimum atomic E-state index is 0.379. The molecule has 0 atom stereocenters. The Hall–Kier alpha value is -1.04. The van der Waals surface area contributed by atoms with E-state index in [1.165, 1.54) is 24.0 Å². The first-order valence-corrected chi connectivity index (χ1v) is 6.20. The third-order valence-electron chi connectivity index (χ3n) is 2.63. The molecule has 0 amide bonds. The summed E-state index contributed by atoms with van der Waals surface area (Å²) in [7, 11) is 0. The lowest BCUT2D eigenvalue weighted by atomic mass is 9.88. The van der Waals surface area contributed by atoms with Gasteiger partial charge in [-0.1, -0.05) is 51.1 Å². The van der Waals surface area contributed by atoms with E-state index in [1.54, 1.807) is 0 Å². The predicted octanol–water partition coefficient (Wildman–Crippen LogP) is 4.78. The van der Waals surface area contributed by atoms with Crippen LogP contribution in [0.15, 0.2) is 36.9 Å². The molecule has 0 aliphatic carbocycles. The summed E-state index contributed by atoms with van der Waals surface area (Å²) in [5, 5.41) is 0. The van der Waals surface area contributed by atoms with Crippen molar-refractivity contribution in [2.75, 3.05) is 0 Å². The zero-order valence-electron chi connectivity index (χ0n) is 10.9. The molecule has 0 nitrogen and oxygen atoms in total. The summed E-state index contributed by atoms with van der Waals surface area (Å²) in [5.41, 5.74) is 3.27. The summed E-state index contributed by atoms with van der Waals surface area (Å²) in [6.07, 6.45) is 6.64. The fourth-order valence-corrected chi connectivity index (χ4v) is 1.89. The maximum absolute atomic E-state index is 3.75. The van der Waals surface area contributed by atoms with Gasteiger partial charge in [0.1, 0.15) is 0 Å². The van der Waals surface area contributed by atoms with Crippen molar-refractivity contribution in [1.29, 1.82) is 0 Å². The van der Waals surface area contributed by atoms with Gasteiger partial charge in [0.15, 0.2) is 0 Å². The van der Waals surface area contributed by atoms with Gasteiger partial charge in [0.2, 0.25) is 0 Å². The first kappa shape index (κ1) is 13.0. The topological polar surface area (TPSA) is 0 Å². The van der Waals surface area contributed by atoms with Gasteiger partial charge >= 0.3 is 0 Å². The molecule has 1 aromatic carbocycles. The zero-order valence-corrected chi connectivity index (χ0v) is 10.9. The number of aryl methyl sites for hydroxylation is 1. The van der Waals surface area contributed by atoms with Crippen molar-refractivity contribution in [3.05, 3.63) is 48.0 Å². The van der Waals surface area contributed by atoms with E-state index >= 15 is 0 Å². The van der Waals surface area contributed by atoms with Crippen LogP contribution in [0.3, 0.4) is 0 Å². The molecular formula is C16H24. The maximum Gasteiger partial charge on any atom is -0.0230 e. The molecule has 0 aromatic heterocycles. The molecule has 0 heterocycles. The second-order valence-electron chi connectivity index (χ2n) is 5.73. The van der Waals surface area contributed by atoms with Gasteiger partial charge < -0.3 is 0 Å². The fraction of sp³-hybridized carbons (Fsp3) is 0.500. The molecule has 0 saturated carbocycles. The van der Waals surface area contributed by atoms with E-state index in [4.69, 9.17) is 0 Å².